The maximum Gasteiger partial charge on any atom is 0.268 e. The minimum Gasteiger partial charge on any atom is -0.756 e. The van der Waals surface area contributed by atoms with Gasteiger partial charge in [0.15, 0.2) is 0 Å². The lowest BCUT2D eigenvalue weighted by Crippen LogP contribution is -2.45. The number of allylic oxidation sites excluding steroid dienone is 15. The molecule has 0 aromatic carbocycles. The first kappa shape index (κ1) is 65.4. The average molecular weight is 969 g/mol. The number of nitrogens with one attached hydrogen (secondary N) is 1. The summed E-state index contributed by atoms with van der Waals surface area (Å²) < 4.78 is 23.3. The first-order chi connectivity index (χ1) is 33.0. The highest BCUT2D eigenvalue weighted by molar-refractivity contribution is 7.45. The highest BCUT2D eigenvalue weighted by atomic mass is 31.2. The third kappa shape index (κ3) is 51.3. The molecule has 0 aliphatic carbocycles. The van der Waals surface area contributed by atoms with Gasteiger partial charge in [-0.1, -0.05) is 220 Å². The van der Waals surface area contributed by atoms with E-state index in [-0.39, 0.29) is 12.5 Å². The van der Waals surface area contributed by atoms with Gasteiger partial charge in [-0.25, -0.2) is 0 Å². The van der Waals surface area contributed by atoms with Gasteiger partial charge in [0.2, 0.25) is 5.91 Å². The van der Waals surface area contributed by atoms with Crippen LogP contribution in [0.15, 0.2) is 97.2 Å². The second kappa shape index (κ2) is 49.4. The van der Waals surface area contributed by atoms with Crippen LogP contribution in [0.1, 0.15) is 219 Å². The molecule has 2 N–H and O–H groups in total. The first-order valence-corrected chi connectivity index (χ1v) is 29.1. The summed E-state index contributed by atoms with van der Waals surface area (Å²) in [6.07, 6.45) is 70.5. The van der Waals surface area contributed by atoms with E-state index in [0.717, 1.165) is 77.0 Å². The zero-order valence-electron chi connectivity index (χ0n) is 44.5. The number of likely N-dealkylation sites (N-methyl/N-ethyl adjacent to an activating group) is 1. The van der Waals surface area contributed by atoms with Crippen LogP contribution in [-0.2, 0) is 18.4 Å². The number of phosphoric acid groups is 1. The first-order valence-electron chi connectivity index (χ1n) is 27.6. The van der Waals surface area contributed by atoms with E-state index in [2.05, 4.69) is 104 Å². The van der Waals surface area contributed by atoms with Gasteiger partial charge in [0.25, 0.3) is 7.82 Å². The zero-order valence-corrected chi connectivity index (χ0v) is 45.4. The SMILES string of the molecule is CC/C=C\C/C=C\C/C=C\C/C=C\C/C=C\CCCCCCCCCCCCCCCCCC(=O)NC(COP(=O)([O-])OCC[N+](C)(C)C)C(O)/C=C/CC/C=C/CC/C=C/CCCCCCC. The van der Waals surface area contributed by atoms with E-state index in [1.54, 1.807) is 6.08 Å². The number of amides is 1. The van der Waals surface area contributed by atoms with Crippen LogP contribution in [-0.4, -0.2) is 68.5 Å². The Labute approximate surface area is 419 Å². The predicted molar refractivity (Wildman–Crippen MR) is 293 cm³/mol. The molecule has 0 aliphatic heterocycles. The molecule has 0 saturated heterocycles. The fourth-order valence-electron chi connectivity index (χ4n) is 7.45. The van der Waals surface area contributed by atoms with Crippen molar-refractivity contribution in [2.24, 2.45) is 0 Å². The number of rotatable bonds is 49. The van der Waals surface area contributed by atoms with Gasteiger partial charge in [-0.2, -0.15) is 0 Å². The molecule has 8 nitrogen and oxygen atoms in total. The fourth-order valence-corrected chi connectivity index (χ4v) is 8.17. The maximum atomic E-state index is 12.9. The zero-order chi connectivity index (χ0) is 49.9. The molecule has 3 unspecified atom stereocenters. The molecule has 0 heterocycles. The number of carbonyl (C=O) groups is 1. The third-order valence-electron chi connectivity index (χ3n) is 11.8. The third-order valence-corrected chi connectivity index (χ3v) is 12.7. The van der Waals surface area contributed by atoms with Crippen LogP contribution < -0.4 is 10.2 Å². The van der Waals surface area contributed by atoms with E-state index < -0.39 is 26.6 Å². The number of quaternary nitrogens is 1. The maximum absolute atomic E-state index is 12.9. The lowest BCUT2D eigenvalue weighted by molar-refractivity contribution is -0.870. The predicted octanol–water partition coefficient (Wildman–Crippen LogP) is 16.0. The Hall–Kier alpha value is -2.58. The summed E-state index contributed by atoms with van der Waals surface area (Å²) in [7, 11) is 1.23. The molecule has 0 aliphatic rings. The van der Waals surface area contributed by atoms with Crippen LogP contribution in [0.3, 0.4) is 0 Å². The van der Waals surface area contributed by atoms with Crippen molar-refractivity contribution in [2.75, 3.05) is 40.9 Å². The normalized spacial score (nSPS) is 14.8. The van der Waals surface area contributed by atoms with Gasteiger partial charge in [-0.05, 0) is 89.9 Å². The Morgan fingerprint density at radius 3 is 1.37 bits per heavy atom. The highest BCUT2D eigenvalue weighted by Crippen LogP contribution is 2.38. The van der Waals surface area contributed by atoms with E-state index >= 15 is 0 Å². The van der Waals surface area contributed by atoms with Gasteiger partial charge in [0, 0.05) is 6.42 Å². The van der Waals surface area contributed by atoms with Gasteiger partial charge in [0.1, 0.15) is 13.2 Å². The summed E-state index contributed by atoms with van der Waals surface area (Å²) in [5.41, 5.74) is 0. The van der Waals surface area contributed by atoms with E-state index in [0.29, 0.717) is 17.4 Å². The van der Waals surface area contributed by atoms with Gasteiger partial charge >= 0.3 is 0 Å². The minimum atomic E-state index is -4.61. The number of hydrogen-bond donors (Lipinski definition) is 2. The van der Waals surface area contributed by atoms with Crippen LogP contribution in [0.25, 0.3) is 0 Å². The highest BCUT2D eigenvalue weighted by Gasteiger charge is 2.23. The van der Waals surface area contributed by atoms with Crippen LogP contribution in [0.4, 0.5) is 0 Å². The molecule has 0 aromatic heterocycles. The van der Waals surface area contributed by atoms with Crippen molar-refractivity contribution in [3.05, 3.63) is 97.2 Å². The number of hydrogen-bond acceptors (Lipinski definition) is 6. The topological polar surface area (TPSA) is 108 Å². The standard InChI is InChI=1S/C59H105N2O6P/c1-6-8-10-12-14-16-18-20-22-23-24-25-26-27-28-29-30-31-32-33-34-35-36-37-39-41-43-45-47-49-51-53-59(63)60-57(56-67-68(64,65)66-55-54-61(3,4)5)58(62)52-50-48-46-44-42-40-38-21-19-17-15-13-11-9-7-2/h8,10,14,16,19-22,24-25,27-28,42,44,50,52,57-58,62H,6-7,9,11-13,15,17-18,23,26,29-41,43,45-49,51,53-56H2,1-5H3,(H-,60,63,64,65)/b10-8-,16-14-,21-19+,22-20-,25-24-,28-27-,44-42+,52-50+. The second-order valence-corrected chi connectivity index (χ2v) is 20.9. The molecule has 392 valence electrons. The van der Waals surface area contributed by atoms with Crippen LogP contribution in [0.5, 0.6) is 0 Å². The van der Waals surface area contributed by atoms with E-state index in [1.807, 2.05) is 27.2 Å². The number of phosphoric ester groups is 1. The number of aliphatic hydroxyl groups excluding tert-OH is 1. The van der Waals surface area contributed by atoms with E-state index in [1.165, 1.54) is 122 Å². The number of carbonyl (C=O) groups excluding carboxylic acids is 1. The van der Waals surface area contributed by atoms with Crippen molar-refractivity contribution in [3.8, 4) is 0 Å². The van der Waals surface area contributed by atoms with Crippen molar-refractivity contribution in [1.82, 2.24) is 5.32 Å². The molecule has 0 spiro atoms. The molecule has 0 bridgehead atoms. The molecule has 0 aromatic rings. The largest absolute Gasteiger partial charge is 0.756 e. The molecule has 9 heteroatoms. The lowest BCUT2D eigenvalue weighted by atomic mass is 10.0. The fraction of sp³-hybridized carbons (Fsp3) is 0.712. The summed E-state index contributed by atoms with van der Waals surface area (Å²) in [4.78, 5) is 25.4. The van der Waals surface area contributed by atoms with Crippen molar-refractivity contribution < 1.29 is 32.9 Å². The summed E-state index contributed by atoms with van der Waals surface area (Å²) in [6.45, 7) is 4.48. The summed E-state index contributed by atoms with van der Waals surface area (Å²) in [5, 5.41) is 13.8. The minimum absolute atomic E-state index is 0.0125. The molecular weight excluding hydrogens is 864 g/mol. The number of unbranched alkanes of at least 4 members (excludes halogenated alkanes) is 22. The molecular formula is C59H105N2O6P. The lowest BCUT2D eigenvalue weighted by Gasteiger charge is -2.29. The molecule has 0 saturated carbocycles. The Kier molecular flexibility index (Phi) is 47.5. The van der Waals surface area contributed by atoms with Gasteiger partial charge in [-0.15, -0.1) is 0 Å². The molecule has 0 rings (SSSR count). The van der Waals surface area contributed by atoms with Crippen LogP contribution in [0.2, 0.25) is 0 Å². The molecule has 3 atom stereocenters. The molecule has 68 heavy (non-hydrogen) atoms. The van der Waals surface area contributed by atoms with Crippen molar-refractivity contribution in [1.29, 1.82) is 0 Å². The second-order valence-electron chi connectivity index (χ2n) is 19.5. The molecule has 0 fully saturated rings. The summed E-state index contributed by atoms with van der Waals surface area (Å²) >= 11 is 0. The quantitative estimate of drug-likeness (QED) is 0.0272. The summed E-state index contributed by atoms with van der Waals surface area (Å²) in [6, 6.07) is -0.914. The Bertz CT molecular complexity index is 1420. The van der Waals surface area contributed by atoms with Crippen molar-refractivity contribution in [2.45, 2.75) is 231 Å². The van der Waals surface area contributed by atoms with Crippen LogP contribution >= 0.6 is 7.82 Å². The Morgan fingerprint density at radius 2 is 0.912 bits per heavy atom. The molecule has 1 amide bonds. The van der Waals surface area contributed by atoms with Gasteiger partial charge in [-0.3, -0.25) is 9.36 Å². The van der Waals surface area contributed by atoms with Crippen LogP contribution in [0, 0.1) is 0 Å². The smallest absolute Gasteiger partial charge is 0.268 e. The Morgan fingerprint density at radius 1 is 0.529 bits per heavy atom. The van der Waals surface area contributed by atoms with E-state index in [4.69, 9.17) is 9.05 Å². The molecule has 0 radical (unpaired) electrons. The van der Waals surface area contributed by atoms with Gasteiger partial charge in [0.05, 0.1) is 39.9 Å². The Balaban J connectivity index is 4.18. The number of nitrogens with zero attached hydrogens (tertiary/aromatic N) is 1. The monoisotopic (exact) mass is 969 g/mol. The summed E-state index contributed by atoms with van der Waals surface area (Å²) in [5.74, 6) is -0.215. The number of aliphatic hydroxyl groups is 1. The van der Waals surface area contributed by atoms with Gasteiger partial charge < -0.3 is 28.8 Å². The van der Waals surface area contributed by atoms with Crippen molar-refractivity contribution >= 4 is 13.7 Å². The van der Waals surface area contributed by atoms with Crippen molar-refractivity contribution in [3.63, 3.8) is 0 Å². The van der Waals surface area contributed by atoms with E-state index in [9.17, 15) is 19.4 Å². The average Bonchev–Trinajstić information content (AvgIpc) is 3.30.